The van der Waals surface area contributed by atoms with Crippen LogP contribution in [-0.4, -0.2) is 23.4 Å². The Morgan fingerprint density at radius 2 is 1.86 bits per heavy atom. The van der Waals surface area contributed by atoms with E-state index in [0.717, 1.165) is 6.07 Å². The summed E-state index contributed by atoms with van der Waals surface area (Å²) in [5.74, 6) is 0.0184. The summed E-state index contributed by atoms with van der Waals surface area (Å²) in [6, 6.07) is 3.82. The van der Waals surface area contributed by atoms with Crippen LogP contribution in [0.15, 0.2) is 18.2 Å². The predicted molar refractivity (Wildman–Crippen MR) is 69.0 cm³/mol. The molecular formula is C13H12F3N3O2. The summed E-state index contributed by atoms with van der Waals surface area (Å²) < 4.78 is 49.9. The van der Waals surface area contributed by atoms with Crippen LogP contribution in [0.4, 0.5) is 19.0 Å². The average Bonchev–Trinajstić information content (AvgIpc) is 2.70. The van der Waals surface area contributed by atoms with E-state index in [1.54, 1.807) is 0 Å². The fourth-order valence-electron chi connectivity index (χ4n) is 2.17. The molecule has 0 atom stereocenters. The van der Waals surface area contributed by atoms with Crippen molar-refractivity contribution in [3.63, 3.8) is 0 Å². The SMILES string of the molecule is Nc1cc(-c2ccc(C(F)(F)F)c3c2OCCCO3)[nH]n1. The van der Waals surface area contributed by atoms with E-state index in [1.807, 2.05) is 0 Å². The largest absolute Gasteiger partial charge is 0.489 e. The van der Waals surface area contributed by atoms with Crippen LogP contribution in [0.3, 0.4) is 0 Å². The lowest BCUT2D eigenvalue weighted by Crippen LogP contribution is -2.09. The van der Waals surface area contributed by atoms with Crippen molar-refractivity contribution in [3.8, 4) is 22.8 Å². The minimum absolute atomic E-state index is 0.0611. The average molecular weight is 299 g/mol. The molecule has 0 bridgehead atoms. The topological polar surface area (TPSA) is 73.2 Å². The van der Waals surface area contributed by atoms with Crippen LogP contribution < -0.4 is 15.2 Å². The molecule has 112 valence electrons. The van der Waals surface area contributed by atoms with Crippen LogP contribution in [-0.2, 0) is 6.18 Å². The third kappa shape index (κ3) is 2.48. The van der Waals surface area contributed by atoms with Crippen LogP contribution in [0, 0.1) is 0 Å². The maximum atomic E-state index is 13.1. The molecular weight excluding hydrogens is 287 g/mol. The summed E-state index contributed by atoms with van der Waals surface area (Å²) in [7, 11) is 0. The number of benzene rings is 1. The number of halogens is 3. The second-order valence-electron chi connectivity index (χ2n) is 4.57. The number of nitrogens with zero attached hydrogens (tertiary/aromatic N) is 1. The van der Waals surface area contributed by atoms with Crippen molar-refractivity contribution in [1.82, 2.24) is 10.2 Å². The molecule has 0 amide bonds. The smallest absolute Gasteiger partial charge is 0.420 e. The number of ether oxygens (including phenoxy) is 2. The molecule has 1 aliphatic rings. The molecule has 0 fully saturated rings. The van der Waals surface area contributed by atoms with E-state index in [4.69, 9.17) is 15.2 Å². The molecule has 0 radical (unpaired) electrons. The maximum absolute atomic E-state index is 13.1. The Bertz CT molecular complexity index is 667. The predicted octanol–water partition coefficient (Wildman–Crippen LogP) is 2.84. The lowest BCUT2D eigenvalue weighted by molar-refractivity contribution is -0.139. The second-order valence-corrected chi connectivity index (χ2v) is 4.57. The molecule has 21 heavy (non-hydrogen) atoms. The van der Waals surface area contributed by atoms with Crippen molar-refractivity contribution >= 4 is 5.82 Å². The number of nitrogens with two attached hydrogens (primary N) is 1. The highest BCUT2D eigenvalue weighted by atomic mass is 19.4. The number of rotatable bonds is 1. The van der Waals surface area contributed by atoms with Gasteiger partial charge in [-0.15, -0.1) is 0 Å². The summed E-state index contributed by atoms with van der Waals surface area (Å²) in [5.41, 5.74) is 5.59. The Labute approximate surface area is 117 Å². The molecule has 0 saturated carbocycles. The van der Waals surface area contributed by atoms with Crippen molar-refractivity contribution < 1.29 is 22.6 Å². The van der Waals surface area contributed by atoms with Gasteiger partial charge in [-0.3, -0.25) is 5.10 Å². The third-order valence-electron chi connectivity index (χ3n) is 3.09. The molecule has 2 heterocycles. The summed E-state index contributed by atoms with van der Waals surface area (Å²) in [6.07, 6.45) is -4.00. The molecule has 5 nitrogen and oxygen atoms in total. The minimum Gasteiger partial charge on any atom is -0.489 e. The Kier molecular flexibility index (Phi) is 3.15. The van der Waals surface area contributed by atoms with Crippen molar-refractivity contribution in [2.45, 2.75) is 12.6 Å². The van der Waals surface area contributed by atoms with E-state index >= 15 is 0 Å². The van der Waals surface area contributed by atoms with Gasteiger partial charge in [0, 0.05) is 18.1 Å². The monoisotopic (exact) mass is 299 g/mol. The number of aromatic amines is 1. The first-order valence-corrected chi connectivity index (χ1v) is 6.28. The molecule has 1 aliphatic heterocycles. The van der Waals surface area contributed by atoms with Crippen LogP contribution in [0.2, 0.25) is 0 Å². The second kappa shape index (κ2) is 4.87. The summed E-state index contributed by atoms with van der Waals surface area (Å²) in [4.78, 5) is 0. The first kappa shape index (κ1) is 13.6. The molecule has 2 aromatic rings. The first-order chi connectivity index (χ1) is 9.97. The number of hydrogen-bond donors (Lipinski definition) is 2. The summed E-state index contributed by atoms with van der Waals surface area (Å²) in [6.45, 7) is 0.454. The zero-order chi connectivity index (χ0) is 15.0. The first-order valence-electron chi connectivity index (χ1n) is 6.28. The van der Waals surface area contributed by atoms with E-state index in [2.05, 4.69) is 10.2 Å². The van der Waals surface area contributed by atoms with E-state index in [-0.39, 0.29) is 30.5 Å². The van der Waals surface area contributed by atoms with Gasteiger partial charge in [0.2, 0.25) is 0 Å². The van der Waals surface area contributed by atoms with Gasteiger partial charge in [0.05, 0.1) is 18.9 Å². The molecule has 0 aliphatic carbocycles. The number of aromatic nitrogens is 2. The minimum atomic E-state index is -4.51. The zero-order valence-corrected chi connectivity index (χ0v) is 10.8. The number of nitrogen functional groups attached to an aromatic ring is 1. The number of fused-ring (bicyclic) bond motifs is 1. The van der Waals surface area contributed by atoms with Gasteiger partial charge in [-0.25, -0.2) is 0 Å². The lowest BCUT2D eigenvalue weighted by atomic mass is 10.1. The number of hydrogen-bond acceptors (Lipinski definition) is 4. The fraction of sp³-hybridized carbons (Fsp3) is 0.308. The molecule has 8 heteroatoms. The van der Waals surface area contributed by atoms with Gasteiger partial charge >= 0.3 is 6.18 Å². The van der Waals surface area contributed by atoms with Crippen molar-refractivity contribution in [2.75, 3.05) is 18.9 Å². The van der Waals surface area contributed by atoms with Gasteiger partial charge in [0.25, 0.3) is 0 Å². The van der Waals surface area contributed by atoms with E-state index in [9.17, 15) is 13.2 Å². The fourth-order valence-corrected chi connectivity index (χ4v) is 2.17. The van der Waals surface area contributed by atoms with E-state index in [1.165, 1.54) is 12.1 Å². The standard InChI is InChI=1S/C13H12F3N3O2/c14-13(15,16)8-3-2-7(9-6-10(17)19-18-9)11-12(8)21-5-1-4-20-11/h2-3,6H,1,4-5H2,(H3,17,18,19). The summed E-state index contributed by atoms with van der Waals surface area (Å²) in [5, 5.41) is 6.43. The van der Waals surface area contributed by atoms with E-state index in [0.29, 0.717) is 17.7 Å². The molecule has 3 N–H and O–H groups in total. The van der Waals surface area contributed by atoms with Gasteiger partial charge in [0.15, 0.2) is 11.5 Å². The van der Waals surface area contributed by atoms with Crippen LogP contribution in [0.25, 0.3) is 11.3 Å². The molecule has 3 rings (SSSR count). The molecule has 1 aromatic carbocycles. The summed E-state index contributed by atoms with van der Waals surface area (Å²) >= 11 is 0. The van der Waals surface area contributed by atoms with Gasteiger partial charge in [-0.1, -0.05) is 0 Å². The third-order valence-corrected chi connectivity index (χ3v) is 3.09. The van der Waals surface area contributed by atoms with Crippen LogP contribution in [0.5, 0.6) is 11.5 Å². The van der Waals surface area contributed by atoms with Gasteiger partial charge in [0.1, 0.15) is 11.4 Å². The Balaban J connectivity index is 2.19. The van der Waals surface area contributed by atoms with Gasteiger partial charge in [-0.05, 0) is 12.1 Å². The number of nitrogens with one attached hydrogen (secondary N) is 1. The van der Waals surface area contributed by atoms with Gasteiger partial charge < -0.3 is 15.2 Å². The zero-order valence-electron chi connectivity index (χ0n) is 10.8. The quantitative estimate of drug-likeness (QED) is 0.849. The molecule has 0 spiro atoms. The van der Waals surface area contributed by atoms with E-state index < -0.39 is 11.7 Å². The Hall–Kier alpha value is -2.38. The number of H-pyrrole nitrogens is 1. The number of alkyl halides is 3. The van der Waals surface area contributed by atoms with Crippen LogP contribution >= 0.6 is 0 Å². The van der Waals surface area contributed by atoms with Crippen molar-refractivity contribution in [2.24, 2.45) is 0 Å². The number of anilines is 1. The Morgan fingerprint density at radius 3 is 2.48 bits per heavy atom. The van der Waals surface area contributed by atoms with Crippen LogP contribution in [0.1, 0.15) is 12.0 Å². The highest BCUT2D eigenvalue weighted by Gasteiger charge is 2.37. The lowest BCUT2D eigenvalue weighted by Gasteiger charge is -2.17. The molecule has 0 unspecified atom stereocenters. The maximum Gasteiger partial charge on any atom is 0.420 e. The Morgan fingerprint density at radius 1 is 1.14 bits per heavy atom. The van der Waals surface area contributed by atoms with Gasteiger partial charge in [-0.2, -0.15) is 18.3 Å². The highest BCUT2D eigenvalue weighted by molar-refractivity contribution is 5.74. The van der Waals surface area contributed by atoms with Crippen molar-refractivity contribution in [3.05, 3.63) is 23.8 Å². The highest BCUT2D eigenvalue weighted by Crippen LogP contribution is 2.47. The van der Waals surface area contributed by atoms with Crippen molar-refractivity contribution in [1.29, 1.82) is 0 Å². The normalized spacial score (nSPS) is 14.8. The molecule has 0 saturated heterocycles. The molecule has 1 aromatic heterocycles.